The number of aliphatic carboxylic acids is 1. The lowest BCUT2D eigenvalue weighted by atomic mass is 9.47. The van der Waals surface area contributed by atoms with Crippen molar-refractivity contribution in [2.45, 2.75) is 111 Å². The van der Waals surface area contributed by atoms with Gasteiger partial charge in [0.15, 0.2) is 0 Å². The first kappa shape index (κ1) is 27.1. The molecular weight excluding hydrogens is 432 g/mol. The zero-order valence-electron chi connectivity index (χ0n) is 21.8. The number of carbonyl (C=O) groups is 1. The van der Waals surface area contributed by atoms with Crippen LogP contribution in [0, 0.1) is 46.3 Å². The number of carboxylic acids is 1. The van der Waals surface area contributed by atoms with Crippen molar-refractivity contribution in [1.29, 1.82) is 0 Å². The van der Waals surface area contributed by atoms with Gasteiger partial charge < -0.3 is 10.2 Å². The van der Waals surface area contributed by atoms with Crippen molar-refractivity contribution < 1.29 is 15.0 Å². The first-order chi connectivity index (χ1) is 15.5. The van der Waals surface area contributed by atoms with Crippen LogP contribution < -0.4 is 0 Å². The van der Waals surface area contributed by atoms with E-state index < -0.39 is 5.97 Å². The summed E-state index contributed by atoms with van der Waals surface area (Å²) in [7, 11) is 0. The molecule has 0 heterocycles. The molecule has 4 rings (SSSR count). The van der Waals surface area contributed by atoms with E-state index in [1.165, 1.54) is 57.8 Å². The molecule has 0 aliphatic heterocycles. The van der Waals surface area contributed by atoms with Gasteiger partial charge in [-0.05, 0) is 97.7 Å². The van der Waals surface area contributed by atoms with Crippen LogP contribution in [0.2, 0.25) is 0 Å². The molecule has 0 saturated heterocycles. The van der Waals surface area contributed by atoms with Crippen LogP contribution in [-0.2, 0) is 4.79 Å². The second-order valence-electron chi connectivity index (χ2n) is 12.7. The van der Waals surface area contributed by atoms with Crippen molar-refractivity contribution in [3.63, 3.8) is 0 Å². The molecule has 0 aromatic heterocycles. The first-order valence-corrected chi connectivity index (χ1v) is 14.2. The Kier molecular flexibility index (Phi) is 9.04. The van der Waals surface area contributed by atoms with Crippen molar-refractivity contribution in [2.75, 3.05) is 5.88 Å². The molecule has 190 valence electrons. The number of hydrogen-bond acceptors (Lipinski definition) is 2. The average Bonchev–Trinajstić information content (AvgIpc) is 3.11. The molecule has 0 radical (unpaired) electrons. The van der Waals surface area contributed by atoms with E-state index in [2.05, 4.69) is 40.7 Å². The third kappa shape index (κ3) is 5.66. The third-order valence-electron chi connectivity index (χ3n) is 10.4. The summed E-state index contributed by atoms with van der Waals surface area (Å²) in [4.78, 5) is 9.24. The Morgan fingerprint density at radius 1 is 1.09 bits per heavy atom. The fraction of sp³-hybridized carbons (Fsp3) is 0.897. The maximum atomic E-state index is 10.2. The smallest absolute Gasteiger partial charge is 0.318 e. The van der Waals surface area contributed by atoms with Crippen molar-refractivity contribution >= 4 is 17.6 Å². The summed E-state index contributed by atoms with van der Waals surface area (Å²) in [5, 5.41) is 17.8. The third-order valence-corrected chi connectivity index (χ3v) is 10.6. The van der Waals surface area contributed by atoms with Crippen LogP contribution in [0.5, 0.6) is 0 Å². The van der Waals surface area contributed by atoms with Gasteiger partial charge in [0.2, 0.25) is 0 Å². The summed E-state index contributed by atoms with van der Waals surface area (Å²) in [6, 6.07) is 0. The Hall–Kier alpha value is -0.540. The minimum Gasteiger partial charge on any atom is -0.480 e. The van der Waals surface area contributed by atoms with Crippen LogP contribution in [0.25, 0.3) is 0 Å². The van der Waals surface area contributed by atoms with E-state index in [4.69, 9.17) is 16.7 Å². The summed E-state index contributed by atoms with van der Waals surface area (Å²) < 4.78 is 0. The summed E-state index contributed by atoms with van der Waals surface area (Å²) >= 11 is 4.74. The number of carboxylic acid groups (broad SMARTS) is 1. The normalized spacial score (nSPS) is 40.6. The number of allylic oxidation sites excluding steroid dienone is 1. The molecule has 0 unspecified atom stereocenters. The number of rotatable bonds is 6. The van der Waals surface area contributed by atoms with Crippen molar-refractivity contribution in [3.05, 3.63) is 11.6 Å². The molecule has 0 aromatic rings. The van der Waals surface area contributed by atoms with Gasteiger partial charge in [-0.2, -0.15) is 0 Å². The minimum absolute atomic E-state index is 0.0766. The van der Waals surface area contributed by atoms with Crippen LogP contribution in [0.3, 0.4) is 0 Å². The predicted octanol–water partition coefficient (Wildman–Crippen LogP) is 7.70. The summed E-state index contributed by atoms with van der Waals surface area (Å²) in [6.45, 7) is 12.6. The number of fused-ring (bicyclic) bond motifs is 5. The highest BCUT2D eigenvalue weighted by atomic mass is 35.5. The maximum absolute atomic E-state index is 10.2. The highest BCUT2D eigenvalue weighted by Crippen LogP contribution is 2.67. The maximum Gasteiger partial charge on any atom is 0.318 e. The van der Waals surface area contributed by atoms with Crippen LogP contribution in [-0.4, -0.2) is 28.2 Å². The van der Waals surface area contributed by atoms with Gasteiger partial charge in [0, 0.05) is 0 Å². The number of aliphatic hydroxyl groups is 1. The van der Waals surface area contributed by atoms with Crippen LogP contribution in [0.1, 0.15) is 105 Å². The average molecular weight is 481 g/mol. The Labute approximate surface area is 207 Å². The minimum atomic E-state index is -0.980. The van der Waals surface area contributed by atoms with E-state index in [1.54, 1.807) is 5.57 Å². The van der Waals surface area contributed by atoms with E-state index in [1.807, 2.05) is 0 Å². The van der Waals surface area contributed by atoms with Gasteiger partial charge in [0.05, 0.1) is 6.10 Å². The van der Waals surface area contributed by atoms with Crippen molar-refractivity contribution in [1.82, 2.24) is 0 Å². The molecule has 8 atom stereocenters. The Bertz CT molecular complexity index is 703. The fourth-order valence-electron chi connectivity index (χ4n) is 8.67. The van der Waals surface area contributed by atoms with E-state index in [0.717, 1.165) is 48.3 Å². The summed E-state index contributed by atoms with van der Waals surface area (Å²) in [5.74, 6) is 4.17. The number of alkyl halides is 1. The molecule has 0 bridgehead atoms. The van der Waals surface area contributed by atoms with E-state index >= 15 is 0 Å². The zero-order valence-corrected chi connectivity index (χ0v) is 22.5. The second-order valence-corrected chi connectivity index (χ2v) is 13.0. The Morgan fingerprint density at radius 2 is 1.79 bits per heavy atom. The molecule has 3 fully saturated rings. The quantitative estimate of drug-likeness (QED) is 0.302. The molecule has 0 spiro atoms. The molecule has 0 aromatic carbocycles. The molecule has 4 heteroatoms. The van der Waals surface area contributed by atoms with Gasteiger partial charge in [-0.3, -0.25) is 4.79 Å². The molecule has 3 saturated carbocycles. The monoisotopic (exact) mass is 480 g/mol. The van der Waals surface area contributed by atoms with Gasteiger partial charge in [-0.1, -0.05) is 65.5 Å². The van der Waals surface area contributed by atoms with Gasteiger partial charge >= 0.3 is 5.97 Å². The lowest BCUT2D eigenvalue weighted by Crippen LogP contribution is -2.50. The van der Waals surface area contributed by atoms with Crippen molar-refractivity contribution in [3.8, 4) is 0 Å². The molecule has 33 heavy (non-hydrogen) atoms. The van der Waals surface area contributed by atoms with Gasteiger partial charge in [0.25, 0.3) is 0 Å². The summed E-state index contributed by atoms with van der Waals surface area (Å²) in [5.41, 5.74) is 2.60. The highest BCUT2D eigenvalue weighted by molar-refractivity contribution is 6.26. The molecule has 0 amide bonds. The van der Waals surface area contributed by atoms with E-state index in [0.29, 0.717) is 10.8 Å². The largest absolute Gasteiger partial charge is 0.480 e. The van der Waals surface area contributed by atoms with Crippen LogP contribution in [0.4, 0.5) is 0 Å². The zero-order chi connectivity index (χ0) is 24.4. The highest BCUT2D eigenvalue weighted by Gasteiger charge is 2.59. The standard InChI is InChI=1S/C27H46O.C2H3ClO2/c1-18(2)7-6-8-19(3)23-11-12-24-22-10-9-20-17-21(28)13-15-26(20,4)25(22)14-16-27(23,24)5;3-1-2(4)5/h9,18-19,21-25,28H,6-8,10-17H2,1-5H3;1H2,(H,4,5)/t19-,21+,22+,23-,24+,25+,26+,27-;/m1./s1. The second kappa shape index (κ2) is 11.0. The number of halogens is 1. The summed E-state index contributed by atoms with van der Waals surface area (Å²) in [6.07, 6.45) is 17.2. The van der Waals surface area contributed by atoms with Crippen molar-refractivity contribution in [2.24, 2.45) is 46.3 Å². The molecule has 2 N–H and O–H groups in total. The van der Waals surface area contributed by atoms with Crippen LogP contribution in [0.15, 0.2) is 11.6 Å². The van der Waals surface area contributed by atoms with Gasteiger partial charge in [-0.25, -0.2) is 0 Å². The molecule has 3 nitrogen and oxygen atoms in total. The molecule has 4 aliphatic carbocycles. The van der Waals surface area contributed by atoms with E-state index in [-0.39, 0.29) is 12.0 Å². The first-order valence-electron chi connectivity index (χ1n) is 13.7. The molecule has 4 aliphatic rings. The number of hydrogen-bond donors (Lipinski definition) is 2. The van der Waals surface area contributed by atoms with E-state index in [9.17, 15) is 9.90 Å². The number of aliphatic hydroxyl groups excluding tert-OH is 1. The Balaban J connectivity index is 0.000000555. The Morgan fingerprint density at radius 3 is 2.42 bits per heavy atom. The predicted molar refractivity (Wildman–Crippen MR) is 137 cm³/mol. The van der Waals surface area contributed by atoms with Crippen LogP contribution >= 0.6 is 11.6 Å². The topological polar surface area (TPSA) is 57.5 Å². The lowest BCUT2D eigenvalue weighted by Gasteiger charge is -2.58. The molecular formula is C29H49ClO3. The lowest BCUT2D eigenvalue weighted by molar-refractivity contribution is -0.134. The SMILES string of the molecule is CC(C)CCC[C@@H](C)[C@H]1CC[C@H]2[C@@H]3CC=C4C[C@@H](O)CC[C@]4(C)[C@H]3CC[C@]12C.O=C(O)CCl. The van der Waals surface area contributed by atoms with Gasteiger partial charge in [-0.15, -0.1) is 11.6 Å². The van der Waals surface area contributed by atoms with Gasteiger partial charge in [0.1, 0.15) is 5.88 Å². The fourth-order valence-corrected chi connectivity index (χ4v) is 8.67.